The average molecular weight is 362 g/mol. The highest BCUT2D eigenvalue weighted by atomic mass is 16.6. The molecular weight excluding hydrogens is 336 g/mol. The highest BCUT2D eigenvalue weighted by Crippen LogP contribution is 2.22. The maximum absolute atomic E-state index is 12.7. The van der Waals surface area contributed by atoms with Crippen molar-refractivity contribution in [2.24, 2.45) is 0 Å². The number of piperazine rings is 1. The molecule has 0 saturated carbocycles. The molecule has 1 heterocycles. The largest absolute Gasteiger partial charge is 0.450 e. The first-order valence-electron chi connectivity index (χ1n) is 8.86. The van der Waals surface area contributed by atoms with Gasteiger partial charge in [0.15, 0.2) is 0 Å². The van der Waals surface area contributed by atoms with Crippen LogP contribution in [0.15, 0.2) is 30.3 Å². The number of hydrogen-bond donors (Lipinski definition) is 2. The van der Waals surface area contributed by atoms with Gasteiger partial charge in [-0.1, -0.05) is 30.3 Å². The summed E-state index contributed by atoms with van der Waals surface area (Å²) in [4.78, 5) is 39.9. The SMILES string of the molecule is CCNC(=O)NC(=O)[C@@H](c1ccccc1)N1CCN(C(=O)OCC)CC1. The predicted octanol–water partition coefficient (Wildman–Crippen LogP) is 1.35. The second-order valence-electron chi connectivity index (χ2n) is 5.88. The molecule has 0 aromatic heterocycles. The molecule has 1 aliphatic rings. The lowest BCUT2D eigenvalue weighted by Gasteiger charge is -2.38. The van der Waals surface area contributed by atoms with Crippen LogP contribution in [0.2, 0.25) is 0 Å². The van der Waals surface area contributed by atoms with E-state index in [0.29, 0.717) is 39.3 Å². The summed E-state index contributed by atoms with van der Waals surface area (Å²) < 4.78 is 5.02. The Balaban J connectivity index is 2.09. The summed E-state index contributed by atoms with van der Waals surface area (Å²) in [5.41, 5.74) is 0.805. The van der Waals surface area contributed by atoms with Crippen molar-refractivity contribution < 1.29 is 19.1 Å². The number of carbonyl (C=O) groups excluding carboxylic acids is 3. The van der Waals surface area contributed by atoms with Crippen LogP contribution in [0.5, 0.6) is 0 Å². The van der Waals surface area contributed by atoms with E-state index in [9.17, 15) is 14.4 Å². The van der Waals surface area contributed by atoms with E-state index in [1.165, 1.54) is 0 Å². The summed E-state index contributed by atoms with van der Waals surface area (Å²) >= 11 is 0. The van der Waals surface area contributed by atoms with Crippen LogP contribution in [0.3, 0.4) is 0 Å². The Hall–Kier alpha value is -2.61. The van der Waals surface area contributed by atoms with Gasteiger partial charge in [0.05, 0.1) is 6.61 Å². The molecule has 8 nitrogen and oxygen atoms in total. The molecule has 1 aromatic rings. The first kappa shape index (κ1) is 19.7. The second kappa shape index (κ2) is 9.76. The Labute approximate surface area is 153 Å². The number of nitrogens with zero attached hydrogens (tertiary/aromatic N) is 2. The number of urea groups is 1. The molecule has 1 aromatic carbocycles. The van der Waals surface area contributed by atoms with Gasteiger partial charge in [0.2, 0.25) is 5.91 Å². The zero-order valence-electron chi connectivity index (χ0n) is 15.2. The molecular formula is C18H26N4O4. The molecule has 1 aliphatic heterocycles. The number of imide groups is 1. The third kappa shape index (κ3) is 5.19. The first-order chi connectivity index (χ1) is 12.6. The van der Waals surface area contributed by atoms with E-state index < -0.39 is 12.1 Å². The maximum Gasteiger partial charge on any atom is 0.409 e. The number of ether oxygens (including phenoxy) is 1. The van der Waals surface area contributed by atoms with Crippen molar-refractivity contribution in [2.45, 2.75) is 19.9 Å². The van der Waals surface area contributed by atoms with Gasteiger partial charge in [-0.25, -0.2) is 9.59 Å². The summed E-state index contributed by atoms with van der Waals surface area (Å²) in [5.74, 6) is -0.383. The number of carbonyl (C=O) groups is 3. The predicted molar refractivity (Wildman–Crippen MR) is 96.6 cm³/mol. The van der Waals surface area contributed by atoms with Crippen molar-refractivity contribution in [3.63, 3.8) is 0 Å². The lowest BCUT2D eigenvalue weighted by molar-refractivity contribution is -0.126. The van der Waals surface area contributed by atoms with Crippen molar-refractivity contribution in [2.75, 3.05) is 39.3 Å². The van der Waals surface area contributed by atoms with Gasteiger partial charge in [0.1, 0.15) is 6.04 Å². The van der Waals surface area contributed by atoms with E-state index in [1.54, 1.807) is 18.7 Å². The molecule has 4 amide bonds. The Morgan fingerprint density at radius 1 is 1.08 bits per heavy atom. The standard InChI is InChI=1S/C18H26N4O4/c1-3-19-17(24)20-16(23)15(14-8-6-5-7-9-14)21-10-12-22(13-11-21)18(25)26-4-2/h5-9,15H,3-4,10-13H2,1-2H3,(H2,19,20,23,24)/t15-/m1/s1. The topological polar surface area (TPSA) is 91.0 Å². The smallest absolute Gasteiger partial charge is 0.409 e. The molecule has 0 spiro atoms. The number of benzene rings is 1. The Bertz CT molecular complexity index is 615. The van der Waals surface area contributed by atoms with Gasteiger partial charge >= 0.3 is 12.1 Å². The average Bonchev–Trinajstić information content (AvgIpc) is 2.63. The molecule has 0 radical (unpaired) electrons. The van der Waals surface area contributed by atoms with Gasteiger partial charge < -0.3 is 15.0 Å². The fourth-order valence-corrected chi connectivity index (χ4v) is 2.93. The zero-order chi connectivity index (χ0) is 18.9. The van der Waals surface area contributed by atoms with Crippen LogP contribution < -0.4 is 10.6 Å². The first-order valence-corrected chi connectivity index (χ1v) is 8.86. The summed E-state index contributed by atoms with van der Waals surface area (Å²) in [6.07, 6.45) is -0.338. The molecule has 1 fully saturated rings. The van der Waals surface area contributed by atoms with Crippen LogP contribution in [0, 0.1) is 0 Å². The summed E-state index contributed by atoms with van der Waals surface area (Å²) in [6.45, 7) is 6.29. The van der Waals surface area contributed by atoms with Gasteiger partial charge in [-0.15, -0.1) is 0 Å². The zero-order valence-corrected chi connectivity index (χ0v) is 15.2. The van der Waals surface area contributed by atoms with Gasteiger partial charge in [-0.05, 0) is 19.4 Å². The summed E-state index contributed by atoms with van der Waals surface area (Å²) in [6, 6.07) is 8.21. The molecule has 26 heavy (non-hydrogen) atoms. The van der Waals surface area contributed by atoms with Crippen LogP contribution in [-0.2, 0) is 9.53 Å². The Morgan fingerprint density at radius 3 is 2.31 bits per heavy atom. The minimum absolute atomic E-state index is 0.334. The van der Waals surface area contributed by atoms with Gasteiger partial charge in [0.25, 0.3) is 0 Å². The van der Waals surface area contributed by atoms with Crippen LogP contribution in [0.25, 0.3) is 0 Å². The van der Waals surface area contributed by atoms with Gasteiger partial charge in [0, 0.05) is 32.7 Å². The third-order valence-electron chi connectivity index (χ3n) is 4.14. The van der Waals surface area contributed by atoms with Crippen molar-refractivity contribution in [3.05, 3.63) is 35.9 Å². The van der Waals surface area contributed by atoms with Crippen molar-refractivity contribution in [1.82, 2.24) is 20.4 Å². The van der Waals surface area contributed by atoms with Crippen LogP contribution in [0.1, 0.15) is 25.5 Å². The van der Waals surface area contributed by atoms with Gasteiger partial charge in [-0.3, -0.25) is 15.0 Å². The van der Waals surface area contributed by atoms with Crippen molar-refractivity contribution >= 4 is 18.0 Å². The molecule has 0 unspecified atom stereocenters. The van der Waals surface area contributed by atoms with E-state index in [2.05, 4.69) is 10.6 Å². The molecule has 142 valence electrons. The molecule has 1 atom stereocenters. The Morgan fingerprint density at radius 2 is 1.73 bits per heavy atom. The monoisotopic (exact) mass is 362 g/mol. The third-order valence-corrected chi connectivity index (χ3v) is 4.14. The highest BCUT2D eigenvalue weighted by Gasteiger charge is 2.32. The van der Waals surface area contributed by atoms with E-state index in [4.69, 9.17) is 4.74 Å². The minimum atomic E-state index is -0.594. The fraction of sp³-hybridized carbons (Fsp3) is 0.500. The van der Waals surface area contributed by atoms with Crippen molar-refractivity contribution in [1.29, 1.82) is 0 Å². The fourth-order valence-electron chi connectivity index (χ4n) is 2.93. The van der Waals surface area contributed by atoms with E-state index in [-0.39, 0.29) is 12.0 Å². The number of amides is 4. The van der Waals surface area contributed by atoms with E-state index in [1.807, 2.05) is 35.2 Å². The lowest BCUT2D eigenvalue weighted by Crippen LogP contribution is -2.53. The van der Waals surface area contributed by atoms with Gasteiger partial charge in [-0.2, -0.15) is 0 Å². The minimum Gasteiger partial charge on any atom is -0.450 e. The number of hydrogen-bond acceptors (Lipinski definition) is 5. The number of nitrogens with one attached hydrogen (secondary N) is 2. The maximum atomic E-state index is 12.7. The molecule has 0 bridgehead atoms. The summed E-state index contributed by atoms with van der Waals surface area (Å²) in [7, 11) is 0. The summed E-state index contributed by atoms with van der Waals surface area (Å²) in [5, 5.41) is 4.96. The van der Waals surface area contributed by atoms with Crippen LogP contribution >= 0.6 is 0 Å². The van der Waals surface area contributed by atoms with Crippen LogP contribution in [0.4, 0.5) is 9.59 Å². The Kier molecular flexibility index (Phi) is 7.40. The lowest BCUT2D eigenvalue weighted by atomic mass is 10.0. The van der Waals surface area contributed by atoms with Crippen molar-refractivity contribution in [3.8, 4) is 0 Å². The van der Waals surface area contributed by atoms with Crippen LogP contribution in [-0.4, -0.2) is 67.2 Å². The molecule has 2 rings (SSSR count). The normalized spacial score (nSPS) is 15.8. The molecule has 2 N–H and O–H groups in total. The van der Waals surface area contributed by atoms with E-state index >= 15 is 0 Å². The van der Waals surface area contributed by atoms with E-state index in [0.717, 1.165) is 5.56 Å². The highest BCUT2D eigenvalue weighted by molar-refractivity contribution is 5.97. The molecule has 1 saturated heterocycles. The number of rotatable bonds is 5. The quantitative estimate of drug-likeness (QED) is 0.825. The molecule has 8 heteroatoms. The molecule has 0 aliphatic carbocycles. The second-order valence-corrected chi connectivity index (χ2v) is 5.88.